The average molecular weight is 222 g/mol. The zero-order valence-corrected chi connectivity index (χ0v) is 10.0. The third-order valence-corrected chi connectivity index (χ3v) is 2.67. The number of rotatable bonds is 0. The largest absolute Gasteiger partial charge is 0.508 e. The molecule has 1 heterocycles. The highest BCUT2D eigenvalue weighted by molar-refractivity contribution is 5.52. The second-order valence-electron chi connectivity index (χ2n) is 5.12. The Morgan fingerprint density at radius 1 is 1.06 bits per heavy atom. The van der Waals surface area contributed by atoms with Gasteiger partial charge in [0, 0.05) is 18.1 Å². The number of phenols is 1. The van der Waals surface area contributed by atoms with Crippen LogP contribution in [-0.2, 0) is 5.41 Å². The maximum atomic E-state index is 9.96. The van der Waals surface area contributed by atoms with Crippen LogP contribution in [-0.4, -0.2) is 18.3 Å². The average Bonchev–Trinajstić information content (AvgIpc) is 2.39. The molecule has 88 valence electrons. The lowest BCUT2D eigenvalue weighted by Crippen LogP contribution is -2.11. The Labute approximate surface area is 96.0 Å². The highest BCUT2D eigenvalue weighted by Gasteiger charge is 2.22. The molecule has 0 radical (unpaired) electrons. The van der Waals surface area contributed by atoms with E-state index in [1.165, 1.54) is 0 Å². The van der Waals surface area contributed by atoms with Gasteiger partial charge in [-0.3, -0.25) is 0 Å². The molecule has 0 saturated carbocycles. The van der Waals surface area contributed by atoms with Gasteiger partial charge in [-0.2, -0.15) is 0 Å². The van der Waals surface area contributed by atoms with Crippen molar-refractivity contribution in [3.63, 3.8) is 0 Å². The van der Waals surface area contributed by atoms with Crippen LogP contribution in [0, 0.1) is 0 Å². The summed E-state index contributed by atoms with van der Waals surface area (Å²) in [5.41, 5.74) is 0.783. The molecule has 1 aromatic carbocycles. The molecule has 0 fully saturated rings. The SMILES string of the molecule is CC(C)(C)c1cc2c(cc1O)OCCCO2. The molecule has 0 bridgehead atoms. The summed E-state index contributed by atoms with van der Waals surface area (Å²) >= 11 is 0. The summed E-state index contributed by atoms with van der Waals surface area (Å²) in [7, 11) is 0. The van der Waals surface area contributed by atoms with E-state index in [1.807, 2.05) is 6.07 Å². The van der Waals surface area contributed by atoms with Crippen molar-refractivity contribution in [3.05, 3.63) is 17.7 Å². The zero-order chi connectivity index (χ0) is 11.8. The monoisotopic (exact) mass is 222 g/mol. The van der Waals surface area contributed by atoms with Gasteiger partial charge < -0.3 is 14.6 Å². The summed E-state index contributed by atoms with van der Waals surface area (Å²) in [6.07, 6.45) is 0.875. The number of hydrogen-bond acceptors (Lipinski definition) is 3. The van der Waals surface area contributed by atoms with Crippen molar-refractivity contribution >= 4 is 0 Å². The highest BCUT2D eigenvalue weighted by Crippen LogP contribution is 2.40. The van der Waals surface area contributed by atoms with Crippen LogP contribution in [0.2, 0.25) is 0 Å². The number of benzene rings is 1. The first kappa shape index (κ1) is 11.1. The van der Waals surface area contributed by atoms with Crippen LogP contribution in [0.4, 0.5) is 0 Å². The molecular weight excluding hydrogens is 204 g/mol. The molecule has 0 aliphatic carbocycles. The molecule has 2 rings (SSSR count). The van der Waals surface area contributed by atoms with Crippen LogP contribution in [0.25, 0.3) is 0 Å². The van der Waals surface area contributed by atoms with Crippen LogP contribution in [0.3, 0.4) is 0 Å². The van der Waals surface area contributed by atoms with Crippen molar-refractivity contribution in [1.82, 2.24) is 0 Å². The Kier molecular flexibility index (Phi) is 2.70. The van der Waals surface area contributed by atoms with Crippen LogP contribution >= 0.6 is 0 Å². The van der Waals surface area contributed by atoms with Crippen LogP contribution in [0.5, 0.6) is 17.2 Å². The van der Waals surface area contributed by atoms with Crippen LogP contribution in [0.15, 0.2) is 12.1 Å². The number of fused-ring (bicyclic) bond motifs is 1. The minimum atomic E-state index is -0.102. The van der Waals surface area contributed by atoms with Crippen molar-refractivity contribution in [2.45, 2.75) is 32.6 Å². The lowest BCUT2D eigenvalue weighted by Gasteiger charge is -2.22. The first-order valence-electron chi connectivity index (χ1n) is 5.61. The van der Waals surface area contributed by atoms with E-state index in [2.05, 4.69) is 20.8 Å². The van der Waals surface area contributed by atoms with E-state index in [0.717, 1.165) is 17.7 Å². The predicted molar refractivity (Wildman–Crippen MR) is 62.4 cm³/mol. The summed E-state index contributed by atoms with van der Waals surface area (Å²) in [5, 5.41) is 9.96. The number of ether oxygens (including phenoxy) is 2. The zero-order valence-electron chi connectivity index (χ0n) is 10.0. The quantitative estimate of drug-likeness (QED) is 0.733. The van der Waals surface area contributed by atoms with E-state index < -0.39 is 0 Å². The van der Waals surface area contributed by atoms with E-state index in [4.69, 9.17) is 9.47 Å². The fraction of sp³-hybridized carbons (Fsp3) is 0.538. The molecule has 3 heteroatoms. The van der Waals surface area contributed by atoms with E-state index in [9.17, 15) is 5.11 Å². The summed E-state index contributed by atoms with van der Waals surface area (Å²) in [6.45, 7) is 7.49. The van der Waals surface area contributed by atoms with Crippen molar-refractivity contribution in [3.8, 4) is 17.2 Å². The van der Waals surface area contributed by atoms with Gasteiger partial charge in [-0.25, -0.2) is 0 Å². The van der Waals surface area contributed by atoms with Gasteiger partial charge in [0.2, 0.25) is 0 Å². The normalized spacial score (nSPS) is 15.7. The van der Waals surface area contributed by atoms with Gasteiger partial charge in [0.25, 0.3) is 0 Å². The fourth-order valence-corrected chi connectivity index (χ4v) is 1.80. The van der Waals surface area contributed by atoms with Gasteiger partial charge in [0.05, 0.1) is 13.2 Å². The van der Waals surface area contributed by atoms with Crippen molar-refractivity contribution < 1.29 is 14.6 Å². The second kappa shape index (κ2) is 3.89. The molecule has 1 N–H and O–H groups in total. The first-order chi connectivity index (χ1) is 7.48. The van der Waals surface area contributed by atoms with Gasteiger partial charge in [-0.05, 0) is 11.5 Å². The molecule has 0 atom stereocenters. The summed E-state index contributed by atoms with van der Waals surface area (Å²) in [5.74, 6) is 1.65. The van der Waals surface area contributed by atoms with Gasteiger partial charge in [0.1, 0.15) is 5.75 Å². The van der Waals surface area contributed by atoms with E-state index >= 15 is 0 Å². The third-order valence-electron chi connectivity index (χ3n) is 2.67. The lowest BCUT2D eigenvalue weighted by molar-refractivity contribution is 0.296. The number of phenolic OH excluding ortho intramolecular Hbond substituents is 1. The smallest absolute Gasteiger partial charge is 0.164 e. The molecule has 16 heavy (non-hydrogen) atoms. The summed E-state index contributed by atoms with van der Waals surface area (Å²) in [6, 6.07) is 3.54. The molecule has 3 nitrogen and oxygen atoms in total. The van der Waals surface area contributed by atoms with Gasteiger partial charge in [-0.1, -0.05) is 20.8 Å². The minimum absolute atomic E-state index is 0.102. The molecule has 0 saturated heterocycles. The predicted octanol–water partition coefficient (Wildman–Crippen LogP) is 2.85. The van der Waals surface area contributed by atoms with Crippen molar-refractivity contribution in [2.75, 3.05) is 13.2 Å². The molecule has 0 spiro atoms. The van der Waals surface area contributed by atoms with Crippen molar-refractivity contribution in [2.24, 2.45) is 0 Å². The molecule has 1 aromatic rings. The second-order valence-corrected chi connectivity index (χ2v) is 5.12. The number of hydrogen-bond donors (Lipinski definition) is 1. The summed E-state index contributed by atoms with van der Waals surface area (Å²) < 4.78 is 11.1. The Bertz CT molecular complexity index is 391. The van der Waals surface area contributed by atoms with Gasteiger partial charge in [-0.15, -0.1) is 0 Å². The molecule has 0 aromatic heterocycles. The summed E-state index contributed by atoms with van der Waals surface area (Å²) in [4.78, 5) is 0. The Balaban J connectivity index is 2.47. The maximum absolute atomic E-state index is 9.96. The highest BCUT2D eigenvalue weighted by atomic mass is 16.5. The van der Waals surface area contributed by atoms with Crippen LogP contribution < -0.4 is 9.47 Å². The molecule has 1 aliphatic rings. The number of aromatic hydroxyl groups is 1. The Morgan fingerprint density at radius 3 is 2.19 bits per heavy atom. The maximum Gasteiger partial charge on any atom is 0.164 e. The fourth-order valence-electron chi connectivity index (χ4n) is 1.80. The molecule has 0 unspecified atom stereocenters. The third kappa shape index (κ3) is 2.08. The molecule has 0 amide bonds. The topological polar surface area (TPSA) is 38.7 Å². The van der Waals surface area contributed by atoms with Crippen LogP contribution in [0.1, 0.15) is 32.8 Å². The van der Waals surface area contributed by atoms with Gasteiger partial charge >= 0.3 is 0 Å². The van der Waals surface area contributed by atoms with Gasteiger partial charge in [0.15, 0.2) is 11.5 Å². The standard InChI is InChI=1S/C13H18O3/c1-13(2,3)9-7-11-12(8-10(9)14)16-6-4-5-15-11/h7-8,14H,4-6H2,1-3H3. The van der Waals surface area contributed by atoms with Crippen molar-refractivity contribution in [1.29, 1.82) is 0 Å². The Morgan fingerprint density at radius 2 is 1.62 bits per heavy atom. The van der Waals surface area contributed by atoms with E-state index in [-0.39, 0.29) is 11.2 Å². The first-order valence-corrected chi connectivity index (χ1v) is 5.61. The minimum Gasteiger partial charge on any atom is -0.508 e. The molecule has 1 aliphatic heterocycles. The van der Waals surface area contributed by atoms with E-state index in [0.29, 0.717) is 19.0 Å². The molecular formula is C13H18O3. The van der Waals surface area contributed by atoms with E-state index in [1.54, 1.807) is 6.07 Å². The lowest BCUT2D eigenvalue weighted by atomic mass is 9.86. The Hall–Kier alpha value is -1.38.